The number of nitrogens with zero attached hydrogens (tertiary/aromatic N) is 2. The SMILES string of the molecule is O=C(Nc1ccc(-n2cccn2)cc1)C1CC1c1ccccc1C(F)(F)F. The van der Waals surface area contributed by atoms with Crippen LogP contribution in [-0.4, -0.2) is 15.7 Å². The Kier molecular flexibility index (Phi) is 4.22. The van der Waals surface area contributed by atoms with Crippen LogP contribution in [0.5, 0.6) is 0 Å². The minimum absolute atomic E-state index is 0.194. The van der Waals surface area contributed by atoms with E-state index in [4.69, 9.17) is 0 Å². The van der Waals surface area contributed by atoms with E-state index in [1.54, 1.807) is 35.3 Å². The molecule has 27 heavy (non-hydrogen) atoms. The Morgan fingerprint density at radius 3 is 2.48 bits per heavy atom. The van der Waals surface area contributed by atoms with E-state index >= 15 is 0 Å². The van der Waals surface area contributed by atoms with Crippen molar-refractivity contribution < 1.29 is 18.0 Å². The second kappa shape index (κ2) is 6.57. The zero-order chi connectivity index (χ0) is 19.0. The van der Waals surface area contributed by atoms with Gasteiger partial charge in [-0.2, -0.15) is 18.3 Å². The number of benzene rings is 2. The van der Waals surface area contributed by atoms with Crippen molar-refractivity contribution >= 4 is 11.6 Å². The molecule has 4 rings (SSSR count). The number of alkyl halides is 3. The van der Waals surface area contributed by atoms with Crippen molar-refractivity contribution in [3.8, 4) is 5.69 Å². The molecule has 0 spiro atoms. The maximum Gasteiger partial charge on any atom is 0.416 e. The number of carbonyl (C=O) groups is 1. The van der Waals surface area contributed by atoms with Gasteiger partial charge in [0, 0.05) is 24.0 Å². The van der Waals surface area contributed by atoms with E-state index in [9.17, 15) is 18.0 Å². The predicted molar refractivity (Wildman–Crippen MR) is 94.5 cm³/mol. The minimum Gasteiger partial charge on any atom is -0.326 e. The van der Waals surface area contributed by atoms with Gasteiger partial charge in [0.25, 0.3) is 0 Å². The first-order valence-electron chi connectivity index (χ1n) is 8.50. The third-order valence-electron chi connectivity index (χ3n) is 4.70. The van der Waals surface area contributed by atoms with Gasteiger partial charge >= 0.3 is 6.18 Å². The summed E-state index contributed by atoms with van der Waals surface area (Å²) in [6, 6.07) is 14.4. The van der Waals surface area contributed by atoms with Crippen LogP contribution in [0.25, 0.3) is 5.69 Å². The van der Waals surface area contributed by atoms with Crippen molar-refractivity contribution in [2.45, 2.75) is 18.5 Å². The van der Waals surface area contributed by atoms with Crippen LogP contribution in [0, 0.1) is 5.92 Å². The summed E-state index contributed by atoms with van der Waals surface area (Å²) in [5.41, 5.74) is 0.986. The zero-order valence-electron chi connectivity index (χ0n) is 14.1. The van der Waals surface area contributed by atoms with Crippen LogP contribution in [-0.2, 0) is 11.0 Å². The largest absolute Gasteiger partial charge is 0.416 e. The molecular weight excluding hydrogens is 355 g/mol. The summed E-state index contributed by atoms with van der Waals surface area (Å²) < 4.78 is 41.2. The summed E-state index contributed by atoms with van der Waals surface area (Å²) in [5, 5.41) is 6.91. The fourth-order valence-electron chi connectivity index (χ4n) is 3.26. The third kappa shape index (κ3) is 3.58. The first-order valence-corrected chi connectivity index (χ1v) is 8.50. The molecule has 1 saturated carbocycles. The maximum absolute atomic E-state index is 13.2. The molecule has 1 aliphatic rings. The van der Waals surface area contributed by atoms with Crippen molar-refractivity contribution in [1.29, 1.82) is 0 Å². The highest BCUT2D eigenvalue weighted by molar-refractivity contribution is 5.95. The number of aromatic nitrogens is 2. The summed E-state index contributed by atoms with van der Waals surface area (Å²) in [7, 11) is 0. The third-order valence-corrected chi connectivity index (χ3v) is 4.70. The number of nitrogens with one attached hydrogen (secondary N) is 1. The average Bonchev–Trinajstić information content (AvgIpc) is 3.27. The first kappa shape index (κ1) is 17.3. The molecule has 0 saturated heterocycles. The highest BCUT2D eigenvalue weighted by Crippen LogP contribution is 2.51. The lowest BCUT2D eigenvalue weighted by atomic mass is 10.0. The summed E-state index contributed by atoms with van der Waals surface area (Å²) in [6.45, 7) is 0. The number of amides is 1. The quantitative estimate of drug-likeness (QED) is 0.727. The molecule has 2 atom stereocenters. The molecule has 2 unspecified atom stereocenters. The van der Waals surface area contributed by atoms with E-state index in [1.807, 2.05) is 18.2 Å². The maximum atomic E-state index is 13.2. The van der Waals surface area contributed by atoms with E-state index in [1.165, 1.54) is 12.1 Å². The smallest absolute Gasteiger partial charge is 0.326 e. The first-order chi connectivity index (χ1) is 12.9. The van der Waals surface area contributed by atoms with Gasteiger partial charge in [-0.25, -0.2) is 4.68 Å². The van der Waals surface area contributed by atoms with Gasteiger partial charge in [0.1, 0.15) is 0 Å². The Hall–Kier alpha value is -3.09. The van der Waals surface area contributed by atoms with Gasteiger partial charge in [-0.3, -0.25) is 4.79 Å². The highest BCUT2D eigenvalue weighted by Gasteiger charge is 2.47. The van der Waals surface area contributed by atoms with Crippen molar-refractivity contribution in [3.63, 3.8) is 0 Å². The van der Waals surface area contributed by atoms with Gasteiger partial charge in [0.15, 0.2) is 0 Å². The lowest BCUT2D eigenvalue weighted by molar-refractivity contribution is -0.138. The van der Waals surface area contributed by atoms with Crippen LogP contribution < -0.4 is 5.32 Å². The lowest BCUT2D eigenvalue weighted by Gasteiger charge is -2.12. The number of hydrogen-bond donors (Lipinski definition) is 1. The topological polar surface area (TPSA) is 46.9 Å². The Morgan fingerprint density at radius 2 is 1.81 bits per heavy atom. The van der Waals surface area contributed by atoms with Crippen molar-refractivity contribution in [2.75, 3.05) is 5.32 Å². The Bertz CT molecular complexity index is 949. The van der Waals surface area contributed by atoms with Crippen molar-refractivity contribution in [1.82, 2.24) is 9.78 Å². The van der Waals surface area contributed by atoms with Crippen molar-refractivity contribution in [2.24, 2.45) is 5.92 Å². The Morgan fingerprint density at radius 1 is 1.07 bits per heavy atom. The molecule has 138 valence electrons. The van der Waals surface area contributed by atoms with Gasteiger partial charge < -0.3 is 5.32 Å². The summed E-state index contributed by atoms with van der Waals surface area (Å²) >= 11 is 0. The molecule has 3 aromatic rings. The standard InChI is InChI=1S/C20H16F3N3O/c21-20(22,23)18-5-2-1-4-15(18)16-12-17(16)19(27)25-13-6-8-14(9-7-13)26-11-3-10-24-26/h1-11,16-17H,12H2,(H,25,27). The van der Waals surface area contributed by atoms with Crippen molar-refractivity contribution in [3.05, 3.63) is 78.1 Å². The van der Waals surface area contributed by atoms with Crippen LogP contribution in [0.4, 0.5) is 18.9 Å². The fourth-order valence-corrected chi connectivity index (χ4v) is 3.26. The zero-order valence-corrected chi connectivity index (χ0v) is 14.1. The van der Waals surface area contributed by atoms with Crippen LogP contribution in [0.1, 0.15) is 23.5 Å². The predicted octanol–water partition coefficient (Wildman–Crippen LogP) is 4.63. The van der Waals surface area contributed by atoms with Crippen LogP contribution in [0.2, 0.25) is 0 Å². The molecule has 2 aromatic carbocycles. The molecule has 1 amide bonds. The molecule has 0 bridgehead atoms. The Labute approximate surface area is 153 Å². The second-order valence-corrected chi connectivity index (χ2v) is 6.52. The fraction of sp³-hybridized carbons (Fsp3) is 0.200. The second-order valence-electron chi connectivity index (χ2n) is 6.52. The molecule has 0 radical (unpaired) electrons. The molecular formula is C20H16F3N3O. The van der Waals surface area contributed by atoms with Crippen LogP contribution >= 0.6 is 0 Å². The number of anilines is 1. The van der Waals surface area contributed by atoms with E-state index < -0.39 is 23.6 Å². The minimum atomic E-state index is -4.41. The van der Waals surface area contributed by atoms with Gasteiger partial charge in [0.2, 0.25) is 5.91 Å². The van der Waals surface area contributed by atoms with E-state index in [0.717, 1.165) is 11.8 Å². The molecule has 0 aliphatic heterocycles. The molecule has 4 nitrogen and oxygen atoms in total. The monoisotopic (exact) mass is 371 g/mol. The molecule has 1 heterocycles. The average molecular weight is 371 g/mol. The number of rotatable bonds is 4. The van der Waals surface area contributed by atoms with E-state index in [-0.39, 0.29) is 11.5 Å². The lowest BCUT2D eigenvalue weighted by Crippen LogP contribution is -2.15. The normalized spacial score (nSPS) is 18.9. The molecule has 7 heteroatoms. The van der Waals surface area contributed by atoms with Crippen LogP contribution in [0.3, 0.4) is 0 Å². The molecule has 1 fully saturated rings. The van der Waals surface area contributed by atoms with Gasteiger partial charge in [-0.15, -0.1) is 0 Å². The molecule has 1 aromatic heterocycles. The molecule has 1 aliphatic carbocycles. The number of carbonyl (C=O) groups excluding carboxylic acids is 1. The van der Waals surface area contributed by atoms with Gasteiger partial charge in [-0.05, 0) is 54.3 Å². The van der Waals surface area contributed by atoms with E-state index in [2.05, 4.69) is 10.4 Å². The van der Waals surface area contributed by atoms with Gasteiger partial charge in [-0.1, -0.05) is 18.2 Å². The summed E-state index contributed by atoms with van der Waals surface area (Å²) in [6.07, 6.45) is -0.519. The Balaban J connectivity index is 1.44. The summed E-state index contributed by atoms with van der Waals surface area (Å²) in [4.78, 5) is 12.4. The van der Waals surface area contributed by atoms with Gasteiger partial charge in [0.05, 0.1) is 11.3 Å². The molecule has 1 N–H and O–H groups in total. The summed E-state index contributed by atoms with van der Waals surface area (Å²) in [5.74, 6) is -1.10. The number of halogens is 3. The number of hydrogen-bond acceptors (Lipinski definition) is 2. The van der Waals surface area contributed by atoms with E-state index in [0.29, 0.717) is 12.1 Å². The van der Waals surface area contributed by atoms with Crippen LogP contribution in [0.15, 0.2) is 67.0 Å². The highest BCUT2D eigenvalue weighted by atomic mass is 19.4.